The zero-order valence-electron chi connectivity index (χ0n) is 9.29. The molecule has 1 rings (SSSR count). The molecule has 1 aromatic carbocycles. The van der Waals surface area contributed by atoms with E-state index in [0.717, 1.165) is 3.57 Å². The van der Waals surface area contributed by atoms with E-state index in [4.69, 9.17) is 5.73 Å². The lowest BCUT2D eigenvalue weighted by Gasteiger charge is -2.11. The van der Waals surface area contributed by atoms with Crippen LogP contribution in [0, 0.1) is 10.5 Å². The molecule has 5 heteroatoms. The summed E-state index contributed by atoms with van der Waals surface area (Å²) < 4.78 is 1.10. The van der Waals surface area contributed by atoms with Crippen LogP contribution in [0.1, 0.15) is 22.8 Å². The third-order valence-electron chi connectivity index (χ3n) is 2.17. The minimum absolute atomic E-state index is 0. The Balaban J connectivity index is 0.00000225. The number of hydrogen-bond donors (Lipinski definition) is 2. The number of nitrogens with two attached hydrogens (primary N) is 1. The van der Waals surface area contributed by atoms with Crippen molar-refractivity contribution in [2.75, 3.05) is 6.54 Å². The van der Waals surface area contributed by atoms with Crippen molar-refractivity contribution in [3.63, 3.8) is 0 Å². The van der Waals surface area contributed by atoms with E-state index in [9.17, 15) is 4.79 Å². The van der Waals surface area contributed by atoms with Gasteiger partial charge in [0.25, 0.3) is 5.91 Å². The summed E-state index contributed by atoms with van der Waals surface area (Å²) in [5, 5.41) is 2.83. The van der Waals surface area contributed by atoms with Gasteiger partial charge >= 0.3 is 0 Å². The van der Waals surface area contributed by atoms with Gasteiger partial charge in [0.15, 0.2) is 0 Å². The molecular formula is C11H16ClIN2O. The number of carbonyl (C=O) groups excluding carboxylic acids is 1. The molecule has 1 aromatic rings. The maximum atomic E-state index is 11.7. The third kappa shape index (κ3) is 4.27. The highest BCUT2D eigenvalue weighted by molar-refractivity contribution is 14.1. The van der Waals surface area contributed by atoms with Crippen LogP contribution in [0.4, 0.5) is 0 Å². The second-order valence-electron chi connectivity index (χ2n) is 3.57. The van der Waals surface area contributed by atoms with Gasteiger partial charge in [-0.2, -0.15) is 0 Å². The van der Waals surface area contributed by atoms with E-state index >= 15 is 0 Å². The van der Waals surface area contributed by atoms with Gasteiger partial charge in [-0.1, -0.05) is 6.07 Å². The van der Waals surface area contributed by atoms with Crippen molar-refractivity contribution in [3.05, 3.63) is 32.9 Å². The molecule has 0 aliphatic rings. The van der Waals surface area contributed by atoms with Crippen LogP contribution in [-0.4, -0.2) is 18.5 Å². The molecular weight excluding hydrogens is 338 g/mol. The summed E-state index contributed by atoms with van der Waals surface area (Å²) >= 11 is 2.22. The quantitative estimate of drug-likeness (QED) is 0.817. The van der Waals surface area contributed by atoms with Gasteiger partial charge in [0.05, 0.1) is 0 Å². The first kappa shape index (κ1) is 15.7. The third-order valence-corrected chi connectivity index (χ3v) is 3.33. The summed E-state index contributed by atoms with van der Waals surface area (Å²) in [4.78, 5) is 11.7. The molecule has 0 heterocycles. The monoisotopic (exact) mass is 354 g/mol. The van der Waals surface area contributed by atoms with Crippen molar-refractivity contribution in [2.24, 2.45) is 5.73 Å². The molecule has 1 atom stereocenters. The second-order valence-corrected chi connectivity index (χ2v) is 4.74. The highest BCUT2D eigenvalue weighted by Crippen LogP contribution is 2.13. The molecule has 0 unspecified atom stereocenters. The Hall–Kier alpha value is -0.330. The van der Waals surface area contributed by atoms with Crippen LogP contribution in [0.3, 0.4) is 0 Å². The molecule has 0 saturated carbocycles. The van der Waals surface area contributed by atoms with E-state index in [1.807, 2.05) is 32.0 Å². The number of benzene rings is 1. The smallest absolute Gasteiger partial charge is 0.251 e. The maximum Gasteiger partial charge on any atom is 0.251 e. The Labute approximate surface area is 116 Å². The molecule has 0 bridgehead atoms. The van der Waals surface area contributed by atoms with Gasteiger partial charge < -0.3 is 11.1 Å². The normalized spacial score (nSPS) is 11.5. The summed E-state index contributed by atoms with van der Waals surface area (Å²) in [6.45, 7) is 4.36. The largest absolute Gasteiger partial charge is 0.348 e. The number of nitrogens with one attached hydrogen (secondary N) is 1. The Morgan fingerprint density at radius 1 is 1.56 bits per heavy atom. The molecule has 0 radical (unpaired) electrons. The Morgan fingerprint density at radius 3 is 2.69 bits per heavy atom. The van der Waals surface area contributed by atoms with Gasteiger partial charge in [-0.3, -0.25) is 4.79 Å². The van der Waals surface area contributed by atoms with Crippen LogP contribution in [0.15, 0.2) is 18.2 Å². The average molecular weight is 355 g/mol. The Bertz CT molecular complexity index is 371. The lowest BCUT2D eigenvalue weighted by molar-refractivity contribution is 0.0941. The molecule has 0 fully saturated rings. The molecule has 0 saturated heterocycles. The first-order chi connectivity index (χ1) is 7.04. The molecule has 90 valence electrons. The van der Waals surface area contributed by atoms with Crippen LogP contribution in [0.5, 0.6) is 0 Å². The fraction of sp³-hybridized carbons (Fsp3) is 0.364. The van der Waals surface area contributed by atoms with Gasteiger partial charge in [0.2, 0.25) is 0 Å². The van der Waals surface area contributed by atoms with Crippen LogP contribution >= 0.6 is 35.0 Å². The Kier molecular flexibility index (Phi) is 6.94. The van der Waals surface area contributed by atoms with Crippen molar-refractivity contribution < 1.29 is 4.79 Å². The minimum Gasteiger partial charge on any atom is -0.348 e. The lowest BCUT2D eigenvalue weighted by atomic mass is 10.1. The van der Waals surface area contributed by atoms with E-state index < -0.39 is 0 Å². The minimum atomic E-state index is -0.0640. The zero-order valence-corrected chi connectivity index (χ0v) is 12.3. The molecule has 0 spiro atoms. The molecule has 0 aromatic heterocycles. The maximum absolute atomic E-state index is 11.7. The number of aryl methyl sites for hydroxylation is 1. The van der Waals surface area contributed by atoms with Crippen molar-refractivity contribution in [3.8, 4) is 0 Å². The SMILES string of the molecule is Cc1ccc(C(=O)N[C@@H](C)CN)cc1I.Cl. The van der Waals surface area contributed by atoms with Crippen molar-refractivity contribution >= 4 is 40.9 Å². The summed E-state index contributed by atoms with van der Waals surface area (Å²) in [5.41, 5.74) is 7.30. The van der Waals surface area contributed by atoms with Gasteiger partial charge in [-0.25, -0.2) is 0 Å². The summed E-state index contributed by atoms with van der Waals surface area (Å²) in [6, 6.07) is 5.67. The van der Waals surface area contributed by atoms with Gasteiger partial charge in [0, 0.05) is 21.7 Å². The lowest BCUT2D eigenvalue weighted by Crippen LogP contribution is -2.37. The summed E-state index contributed by atoms with van der Waals surface area (Å²) in [5.74, 6) is -0.0640. The predicted molar refractivity (Wildman–Crippen MR) is 77.1 cm³/mol. The standard InChI is InChI=1S/C11H15IN2O.ClH/c1-7-3-4-9(5-10(7)12)11(15)14-8(2)6-13;/h3-5,8H,6,13H2,1-2H3,(H,14,15);1H/t8-;/m0./s1. The van der Waals surface area contributed by atoms with Crippen LogP contribution in [0.25, 0.3) is 0 Å². The first-order valence-electron chi connectivity index (χ1n) is 4.81. The average Bonchev–Trinajstić information content (AvgIpc) is 2.21. The van der Waals surface area contributed by atoms with Gasteiger partial charge in [0.1, 0.15) is 0 Å². The van der Waals surface area contributed by atoms with E-state index in [0.29, 0.717) is 12.1 Å². The highest BCUT2D eigenvalue weighted by Gasteiger charge is 2.09. The zero-order chi connectivity index (χ0) is 11.4. The predicted octanol–water partition coefficient (Wildman–Crippen LogP) is 2.10. The van der Waals surface area contributed by atoms with Crippen molar-refractivity contribution in [2.45, 2.75) is 19.9 Å². The molecule has 3 N–H and O–H groups in total. The first-order valence-corrected chi connectivity index (χ1v) is 5.89. The number of hydrogen-bond acceptors (Lipinski definition) is 2. The van der Waals surface area contributed by atoms with E-state index in [2.05, 4.69) is 27.9 Å². The van der Waals surface area contributed by atoms with Gasteiger partial charge in [-0.05, 0) is 54.1 Å². The fourth-order valence-corrected chi connectivity index (χ4v) is 1.62. The molecule has 16 heavy (non-hydrogen) atoms. The summed E-state index contributed by atoms with van der Waals surface area (Å²) in [6.07, 6.45) is 0. The van der Waals surface area contributed by atoms with E-state index in [1.165, 1.54) is 5.56 Å². The number of rotatable bonds is 3. The molecule has 0 aliphatic heterocycles. The fourth-order valence-electron chi connectivity index (χ4n) is 1.10. The van der Waals surface area contributed by atoms with E-state index in [-0.39, 0.29) is 24.4 Å². The van der Waals surface area contributed by atoms with E-state index in [1.54, 1.807) is 0 Å². The molecule has 1 amide bonds. The molecule has 3 nitrogen and oxygen atoms in total. The molecule has 0 aliphatic carbocycles. The summed E-state index contributed by atoms with van der Waals surface area (Å²) in [7, 11) is 0. The van der Waals surface area contributed by atoms with Crippen LogP contribution in [-0.2, 0) is 0 Å². The number of halogens is 2. The highest BCUT2D eigenvalue weighted by atomic mass is 127. The Morgan fingerprint density at radius 2 is 2.19 bits per heavy atom. The van der Waals surface area contributed by atoms with Gasteiger partial charge in [-0.15, -0.1) is 12.4 Å². The second kappa shape index (κ2) is 7.09. The van der Waals surface area contributed by atoms with Crippen LogP contribution in [0.2, 0.25) is 0 Å². The van der Waals surface area contributed by atoms with Crippen LogP contribution < -0.4 is 11.1 Å². The number of carbonyl (C=O) groups is 1. The topological polar surface area (TPSA) is 55.1 Å². The number of amides is 1. The van der Waals surface area contributed by atoms with Crippen molar-refractivity contribution in [1.29, 1.82) is 0 Å². The van der Waals surface area contributed by atoms with Crippen molar-refractivity contribution in [1.82, 2.24) is 5.32 Å².